The second-order valence-electron chi connectivity index (χ2n) is 3.77. The van der Waals surface area contributed by atoms with E-state index in [0.29, 0.717) is 27.5 Å². The number of pyridine rings is 1. The molecule has 3 N–H and O–H groups in total. The fraction of sp³-hybridized carbons (Fsp3) is 0. The first-order valence-electron chi connectivity index (χ1n) is 5.14. The summed E-state index contributed by atoms with van der Waals surface area (Å²) in [6.07, 6.45) is 1.47. The van der Waals surface area contributed by atoms with Gasteiger partial charge in [-0.3, -0.25) is 0 Å². The zero-order valence-electron chi connectivity index (χ0n) is 9.09. The monoisotopic (exact) mass is 261 g/mol. The van der Waals surface area contributed by atoms with Gasteiger partial charge in [-0.2, -0.15) is 0 Å². The molecule has 6 heteroatoms. The molecule has 0 unspecified atom stereocenters. The molecule has 0 aliphatic carbocycles. The number of oxazole rings is 1. The Kier molecular flexibility index (Phi) is 2.34. The van der Waals surface area contributed by atoms with E-state index in [-0.39, 0.29) is 11.6 Å². The number of hydrogen-bond acceptors (Lipinski definition) is 5. The lowest BCUT2D eigenvalue weighted by Gasteiger charge is -2.00. The molecule has 90 valence electrons. The van der Waals surface area contributed by atoms with Crippen LogP contribution in [0.5, 0.6) is 5.75 Å². The maximum Gasteiger partial charge on any atom is 0.247 e. The van der Waals surface area contributed by atoms with Crippen molar-refractivity contribution < 1.29 is 9.52 Å². The van der Waals surface area contributed by atoms with Crippen LogP contribution in [0.2, 0.25) is 5.02 Å². The maximum atomic E-state index is 9.77. The molecule has 5 nitrogen and oxygen atoms in total. The SMILES string of the molecule is Nc1ccc(O)c(-c2nc3cc(Cl)cnc3o2)c1. The van der Waals surface area contributed by atoms with E-state index in [1.54, 1.807) is 18.2 Å². The molecule has 1 aromatic carbocycles. The smallest absolute Gasteiger partial charge is 0.247 e. The predicted molar refractivity (Wildman–Crippen MR) is 68.3 cm³/mol. The number of anilines is 1. The number of aromatic hydroxyl groups is 1. The van der Waals surface area contributed by atoms with Crippen LogP contribution in [0.1, 0.15) is 0 Å². The van der Waals surface area contributed by atoms with Crippen molar-refractivity contribution in [1.29, 1.82) is 0 Å². The number of phenols is 1. The molecule has 0 radical (unpaired) electrons. The molecular formula is C12H8ClN3O2. The van der Waals surface area contributed by atoms with Gasteiger partial charge in [-0.05, 0) is 24.3 Å². The molecule has 0 saturated carbocycles. The Morgan fingerprint density at radius 2 is 2.11 bits per heavy atom. The predicted octanol–water partition coefficient (Wildman–Crippen LogP) is 2.83. The van der Waals surface area contributed by atoms with Crippen molar-refractivity contribution >= 4 is 28.5 Å². The van der Waals surface area contributed by atoms with Gasteiger partial charge in [0.25, 0.3) is 0 Å². The number of hydrogen-bond donors (Lipinski definition) is 2. The minimum atomic E-state index is 0.0434. The van der Waals surface area contributed by atoms with Crippen LogP contribution in [-0.2, 0) is 0 Å². The van der Waals surface area contributed by atoms with Gasteiger partial charge in [0.1, 0.15) is 11.3 Å². The Morgan fingerprint density at radius 1 is 1.28 bits per heavy atom. The van der Waals surface area contributed by atoms with Gasteiger partial charge in [0.2, 0.25) is 11.6 Å². The van der Waals surface area contributed by atoms with Crippen molar-refractivity contribution in [2.24, 2.45) is 0 Å². The van der Waals surface area contributed by atoms with Crippen LogP contribution in [-0.4, -0.2) is 15.1 Å². The third-order valence-electron chi connectivity index (χ3n) is 2.47. The number of rotatable bonds is 1. The fourth-order valence-electron chi connectivity index (χ4n) is 1.64. The molecule has 0 bridgehead atoms. The summed E-state index contributed by atoms with van der Waals surface area (Å²) in [5.41, 5.74) is 7.48. The molecule has 18 heavy (non-hydrogen) atoms. The van der Waals surface area contributed by atoms with Crippen molar-refractivity contribution in [3.63, 3.8) is 0 Å². The van der Waals surface area contributed by atoms with Gasteiger partial charge in [0.05, 0.1) is 10.6 Å². The van der Waals surface area contributed by atoms with Gasteiger partial charge in [-0.1, -0.05) is 11.6 Å². The molecule has 0 aliphatic heterocycles. The Balaban J connectivity index is 2.22. The first-order valence-corrected chi connectivity index (χ1v) is 5.52. The molecule has 0 aliphatic rings. The lowest BCUT2D eigenvalue weighted by Crippen LogP contribution is -1.86. The maximum absolute atomic E-state index is 9.77. The van der Waals surface area contributed by atoms with Crippen molar-refractivity contribution in [2.45, 2.75) is 0 Å². The number of phenolic OH excluding ortho intramolecular Hbond substituents is 1. The molecule has 0 saturated heterocycles. The fourth-order valence-corrected chi connectivity index (χ4v) is 1.79. The van der Waals surface area contributed by atoms with Gasteiger partial charge in [0.15, 0.2) is 0 Å². The number of nitrogens with two attached hydrogens (primary N) is 1. The van der Waals surface area contributed by atoms with Crippen LogP contribution in [0.15, 0.2) is 34.9 Å². The number of nitrogen functional groups attached to an aromatic ring is 1. The van der Waals surface area contributed by atoms with Crippen molar-refractivity contribution in [2.75, 3.05) is 5.73 Å². The zero-order chi connectivity index (χ0) is 12.7. The summed E-state index contributed by atoms with van der Waals surface area (Å²) in [4.78, 5) is 8.22. The van der Waals surface area contributed by atoms with E-state index in [1.165, 1.54) is 12.3 Å². The summed E-state index contributed by atoms with van der Waals surface area (Å²) in [7, 11) is 0. The summed E-state index contributed by atoms with van der Waals surface area (Å²) in [5, 5.41) is 10.2. The highest BCUT2D eigenvalue weighted by Gasteiger charge is 2.13. The standard InChI is InChI=1S/C12H8ClN3O2/c13-6-3-9-12(15-5-6)18-11(16-9)8-4-7(14)1-2-10(8)17/h1-5,17H,14H2. The Bertz CT molecular complexity index is 739. The highest BCUT2D eigenvalue weighted by atomic mass is 35.5. The second-order valence-corrected chi connectivity index (χ2v) is 4.21. The molecule has 0 atom stereocenters. The number of benzene rings is 1. The van der Waals surface area contributed by atoms with Crippen LogP contribution in [0.4, 0.5) is 5.69 Å². The van der Waals surface area contributed by atoms with E-state index in [4.69, 9.17) is 21.8 Å². The summed E-state index contributed by atoms with van der Waals surface area (Å²) in [5.74, 6) is 0.298. The van der Waals surface area contributed by atoms with E-state index in [1.807, 2.05) is 0 Å². The van der Waals surface area contributed by atoms with Gasteiger partial charge in [-0.25, -0.2) is 9.97 Å². The van der Waals surface area contributed by atoms with Gasteiger partial charge in [0, 0.05) is 11.9 Å². The van der Waals surface area contributed by atoms with Crippen molar-refractivity contribution in [3.8, 4) is 17.2 Å². The molecule has 2 heterocycles. The number of nitrogens with zero attached hydrogens (tertiary/aromatic N) is 2. The minimum Gasteiger partial charge on any atom is -0.507 e. The molecule has 0 spiro atoms. The third kappa shape index (κ3) is 1.74. The highest BCUT2D eigenvalue weighted by molar-refractivity contribution is 6.30. The average Bonchev–Trinajstić information content (AvgIpc) is 2.74. The van der Waals surface area contributed by atoms with Gasteiger partial charge >= 0.3 is 0 Å². The Morgan fingerprint density at radius 3 is 2.94 bits per heavy atom. The average molecular weight is 262 g/mol. The lowest BCUT2D eigenvalue weighted by atomic mass is 10.2. The number of aromatic nitrogens is 2. The van der Waals surface area contributed by atoms with Crippen LogP contribution < -0.4 is 5.73 Å². The summed E-state index contributed by atoms with van der Waals surface area (Å²) >= 11 is 5.82. The molecular weight excluding hydrogens is 254 g/mol. The first kappa shape index (κ1) is 10.9. The normalized spacial score (nSPS) is 10.9. The third-order valence-corrected chi connectivity index (χ3v) is 2.67. The number of halogens is 1. The minimum absolute atomic E-state index is 0.0434. The van der Waals surface area contributed by atoms with E-state index in [0.717, 1.165) is 0 Å². The zero-order valence-corrected chi connectivity index (χ0v) is 9.85. The van der Waals surface area contributed by atoms with Crippen LogP contribution >= 0.6 is 11.6 Å². The largest absolute Gasteiger partial charge is 0.507 e. The van der Waals surface area contributed by atoms with E-state index in [9.17, 15) is 5.11 Å². The molecule has 3 aromatic rings. The van der Waals surface area contributed by atoms with Gasteiger partial charge < -0.3 is 15.3 Å². The highest BCUT2D eigenvalue weighted by Crippen LogP contribution is 2.32. The molecule has 3 rings (SSSR count). The quantitative estimate of drug-likeness (QED) is 0.520. The summed E-state index contributed by atoms with van der Waals surface area (Å²) < 4.78 is 5.45. The summed E-state index contributed by atoms with van der Waals surface area (Å²) in [6.45, 7) is 0. The van der Waals surface area contributed by atoms with Crippen LogP contribution in [0.3, 0.4) is 0 Å². The second kappa shape index (κ2) is 3.89. The molecule has 0 amide bonds. The van der Waals surface area contributed by atoms with E-state index in [2.05, 4.69) is 9.97 Å². The Hall–Kier alpha value is -2.27. The van der Waals surface area contributed by atoms with Gasteiger partial charge in [-0.15, -0.1) is 0 Å². The summed E-state index contributed by atoms with van der Waals surface area (Å²) in [6, 6.07) is 6.30. The number of fused-ring (bicyclic) bond motifs is 1. The van der Waals surface area contributed by atoms with Crippen LogP contribution in [0.25, 0.3) is 22.7 Å². The van der Waals surface area contributed by atoms with Crippen molar-refractivity contribution in [3.05, 3.63) is 35.5 Å². The Labute approximate surface area is 107 Å². The van der Waals surface area contributed by atoms with E-state index >= 15 is 0 Å². The topological polar surface area (TPSA) is 85.2 Å². The molecule has 2 aromatic heterocycles. The first-order chi connectivity index (χ1) is 8.63. The molecule has 0 fully saturated rings. The lowest BCUT2D eigenvalue weighted by molar-refractivity contribution is 0.474. The van der Waals surface area contributed by atoms with E-state index < -0.39 is 0 Å². The van der Waals surface area contributed by atoms with Crippen LogP contribution in [0, 0.1) is 0 Å². The van der Waals surface area contributed by atoms with Crippen molar-refractivity contribution in [1.82, 2.24) is 9.97 Å².